The molecule has 0 aromatic carbocycles. The van der Waals surface area contributed by atoms with E-state index in [0.29, 0.717) is 11.4 Å². The van der Waals surface area contributed by atoms with Crippen LogP contribution >= 0.6 is 0 Å². The number of aromatic nitrogens is 1. The fourth-order valence-corrected chi connectivity index (χ4v) is 2.46. The van der Waals surface area contributed by atoms with Gasteiger partial charge in [0.25, 0.3) is 5.69 Å². The van der Waals surface area contributed by atoms with Crippen molar-refractivity contribution in [3.8, 4) is 0 Å². The van der Waals surface area contributed by atoms with Crippen LogP contribution in [0.2, 0.25) is 0 Å². The minimum Gasteiger partial charge on any atom is -0.369 e. The average Bonchev–Trinajstić information content (AvgIpc) is 2.41. The number of nitro groups is 1. The van der Waals surface area contributed by atoms with E-state index in [9.17, 15) is 10.1 Å². The highest BCUT2D eigenvalue weighted by Gasteiger charge is 2.15. The van der Waals surface area contributed by atoms with Crippen molar-refractivity contribution in [2.75, 3.05) is 31.5 Å². The van der Waals surface area contributed by atoms with Crippen molar-refractivity contribution in [3.05, 3.63) is 27.9 Å². The molecule has 1 N–H and O–H groups in total. The minimum absolute atomic E-state index is 0.0700. The van der Waals surface area contributed by atoms with Crippen LogP contribution in [0.4, 0.5) is 11.5 Å². The largest absolute Gasteiger partial charge is 0.369 e. The van der Waals surface area contributed by atoms with Gasteiger partial charge < -0.3 is 10.2 Å². The zero-order valence-corrected chi connectivity index (χ0v) is 12.1. The Balaban J connectivity index is 1.79. The van der Waals surface area contributed by atoms with E-state index in [0.717, 1.165) is 32.1 Å². The Morgan fingerprint density at radius 1 is 1.50 bits per heavy atom. The quantitative estimate of drug-likeness (QED) is 0.661. The van der Waals surface area contributed by atoms with Crippen molar-refractivity contribution < 1.29 is 4.92 Å². The summed E-state index contributed by atoms with van der Waals surface area (Å²) in [5, 5.41) is 14.0. The Morgan fingerprint density at radius 3 is 2.80 bits per heavy atom. The molecular weight excluding hydrogens is 256 g/mol. The number of piperidine rings is 1. The normalized spacial score (nSPS) is 17.1. The molecule has 20 heavy (non-hydrogen) atoms. The lowest BCUT2D eigenvalue weighted by Gasteiger charge is -2.30. The fraction of sp³-hybridized carbons (Fsp3) is 0.643. The highest BCUT2D eigenvalue weighted by molar-refractivity contribution is 5.46. The predicted molar refractivity (Wildman–Crippen MR) is 79.0 cm³/mol. The van der Waals surface area contributed by atoms with Gasteiger partial charge in [-0.1, -0.05) is 6.92 Å². The minimum atomic E-state index is -0.402. The highest BCUT2D eigenvalue weighted by atomic mass is 16.6. The molecule has 1 saturated heterocycles. The van der Waals surface area contributed by atoms with E-state index in [4.69, 9.17) is 0 Å². The molecule has 1 aliphatic rings. The van der Waals surface area contributed by atoms with Gasteiger partial charge in [-0.25, -0.2) is 4.98 Å². The molecular formula is C14H22N4O2. The maximum absolute atomic E-state index is 10.7. The Labute approximate surface area is 119 Å². The van der Waals surface area contributed by atoms with Gasteiger partial charge in [0.1, 0.15) is 12.0 Å². The van der Waals surface area contributed by atoms with Gasteiger partial charge >= 0.3 is 0 Å². The summed E-state index contributed by atoms with van der Waals surface area (Å²) in [7, 11) is 0. The standard InChI is InChI=1S/C14H22N4O2/c1-11-3-6-17(7-4-11)8-5-15-14-9-12(2)13(10-16-14)18(19)20/h9-11H,3-8H2,1-2H3,(H,15,16). The molecule has 0 amide bonds. The lowest BCUT2D eigenvalue weighted by atomic mass is 9.99. The van der Waals surface area contributed by atoms with Crippen molar-refractivity contribution in [3.63, 3.8) is 0 Å². The van der Waals surface area contributed by atoms with Gasteiger partial charge in [-0.05, 0) is 44.8 Å². The third kappa shape index (κ3) is 3.90. The molecule has 0 unspecified atom stereocenters. The summed E-state index contributed by atoms with van der Waals surface area (Å²) >= 11 is 0. The Kier molecular flexibility index (Phi) is 4.89. The first-order valence-electron chi connectivity index (χ1n) is 7.13. The SMILES string of the molecule is Cc1cc(NCCN2CCC(C)CC2)ncc1[N+](=O)[O-]. The van der Waals surface area contributed by atoms with Crippen LogP contribution in [-0.4, -0.2) is 41.0 Å². The predicted octanol–water partition coefficient (Wildman–Crippen LogP) is 2.44. The molecule has 6 heteroatoms. The Hall–Kier alpha value is -1.69. The van der Waals surface area contributed by atoms with Gasteiger partial charge in [0.05, 0.1) is 4.92 Å². The molecule has 0 saturated carbocycles. The summed E-state index contributed by atoms with van der Waals surface area (Å²) < 4.78 is 0. The third-order valence-electron chi connectivity index (χ3n) is 3.89. The molecule has 1 aromatic rings. The van der Waals surface area contributed by atoms with Crippen molar-refractivity contribution in [1.29, 1.82) is 0 Å². The first kappa shape index (κ1) is 14.7. The van der Waals surface area contributed by atoms with Crippen LogP contribution in [0.25, 0.3) is 0 Å². The summed E-state index contributed by atoms with van der Waals surface area (Å²) in [6, 6.07) is 1.73. The van der Waals surface area contributed by atoms with Crippen molar-refractivity contribution >= 4 is 11.5 Å². The van der Waals surface area contributed by atoms with E-state index < -0.39 is 4.92 Å². The maximum Gasteiger partial charge on any atom is 0.290 e. The summed E-state index contributed by atoms with van der Waals surface area (Å²) in [6.07, 6.45) is 3.87. The van der Waals surface area contributed by atoms with Crippen LogP contribution in [0.1, 0.15) is 25.3 Å². The van der Waals surface area contributed by atoms with Crippen LogP contribution < -0.4 is 5.32 Å². The molecule has 0 radical (unpaired) electrons. The molecule has 2 rings (SSSR count). The second kappa shape index (κ2) is 6.65. The van der Waals surface area contributed by atoms with E-state index >= 15 is 0 Å². The molecule has 1 fully saturated rings. The van der Waals surface area contributed by atoms with Gasteiger partial charge in [-0.2, -0.15) is 0 Å². The molecule has 110 valence electrons. The van der Waals surface area contributed by atoms with E-state index in [2.05, 4.69) is 22.1 Å². The first-order valence-corrected chi connectivity index (χ1v) is 7.13. The summed E-state index contributed by atoms with van der Waals surface area (Å²) in [4.78, 5) is 16.9. The van der Waals surface area contributed by atoms with Crippen molar-refractivity contribution in [2.45, 2.75) is 26.7 Å². The van der Waals surface area contributed by atoms with Crippen LogP contribution in [0, 0.1) is 23.0 Å². The molecule has 1 aromatic heterocycles. The van der Waals surface area contributed by atoms with Crippen LogP contribution in [0.5, 0.6) is 0 Å². The van der Waals surface area contributed by atoms with Gasteiger partial charge in [-0.3, -0.25) is 10.1 Å². The molecule has 0 bridgehead atoms. The number of nitrogens with one attached hydrogen (secondary N) is 1. The Bertz CT molecular complexity index is 470. The van der Waals surface area contributed by atoms with Crippen molar-refractivity contribution in [1.82, 2.24) is 9.88 Å². The number of likely N-dealkylation sites (tertiary alicyclic amines) is 1. The molecule has 0 atom stereocenters. The molecule has 2 heterocycles. The van der Waals surface area contributed by atoms with Crippen LogP contribution in [-0.2, 0) is 0 Å². The highest BCUT2D eigenvalue weighted by Crippen LogP contribution is 2.19. The number of hydrogen-bond acceptors (Lipinski definition) is 5. The smallest absolute Gasteiger partial charge is 0.290 e. The van der Waals surface area contributed by atoms with Crippen molar-refractivity contribution in [2.24, 2.45) is 5.92 Å². The summed E-state index contributed by atoms with van der Waals surface area (Å²) in [5.74, 6) is 1.55. The van der Waals surface area contributed by atoms with Gasteiger partial charge in [-0.15, -0.1) is 0 Å². The van der Waals surface area contributed by atoms with E-state index in [1.807, 2.05) is 0 Å². The van der Waals surface area contributed by atoms with Crippen LogP contribution in [0.3, 0.4) is 0 Å². The molecule has 0 spiro atoms. The van der Waals surface area contributed by atoms with E-state index in [-0.39, 0.29) is 5.69 Å². The summed E-state index contributed by atoms with van der Waals surface area (Å²) in [6.45, 7) is 8.17. The van der Waals surface area contributed by atoms with Crippen LogP contribution in [0.15, 0.2) is 12.3 Å². The molecule has 6 nitrogen and oxygen atoms in total. The number of pyridine rings is 1. The number of aryl methyl sites for hydroxylation is 1. The zero-order valence-electron chi connectivity index (χ0n) is 12.1. The zero-order chi connectivity index (χ0) is 14.5. The lowest BCUT2D eigenvalue weighted by molar-refractivity contribution is -0.385. The van der Waals surface area contributed by atoms with Gasteiger partial charge in [0, 0.05) is 18.7 Å². The summed E-state index contributed by atoms with van der Waals surface area (Å²) in [5.41, 5.74) is 0.708. The van der Waals surface area contributed by atoms with Gasteiger partial charge in [0.15, 0.2) is 0 Å². The molecule has 0 aliphatic carbocycles. The number of nitrogens with zero attached hydrogens (tertiary/aromatic N) is 3. The maximum atomic E-state index is 10.7. The number of anilines is 1. The average molecular weight is 278 g/mol. The first-order chi connectivity index (χ1) is 9.56. The Morgan fingerprint density at radius 2 is 2.20 bits per heavy atom. The second-order valence-electron chi connectivity index (χ2n) is 5.56. The van der Waals surface area contributed by atoms with E-state index in [1.165, 1.54) is 19.0 Å². The topological polar surface area (TPSA) is 71.3 Å². The van der Waals surface area contributed by atoms with Gasteiger partial charge in [0.2, 0.25) is 0 Å². The fourth-order valence-electron chi connectivity index (χ4n) is 2.46. The monoisotopic (exact) mass is 278 g/mol. The second-order valence-corrected chi connectivity index (χ2v) is 5.56. The third-order valence-corrected chi connectivity index (χ3v) is 3.89. The molecule has 1 aliphatic heterocycles. The lowest BCUT2D eigenvalue weighted by Crippen LogP contribution is -2.36. The number of rotatable bonds is 5. The van der Waals surface area contributed by atoms with E-state index in [1.54, 1.807) is 13.0 Å². The number of hydrogen-bond donors (Lipinski definition) is 1.